The predicted molar refractivity (Wildman–Crippen MR) is 75.5 cm³/mol. The van der Waals surface area contributed by atoms with Gasteiger partial charge in [-0.1, -0.05) is 30.3 Å². The third-order valence-electron chi connectivity index (χ3n) is 3.76. The summed E-state index contributed by atoms with van der Waals surface area (Å²) in [6, 6.07) is 7.95. The van der Waals surface area contributed by atoms with Crippen LogP contribution in [0.1, 0.15) is 31.7 Å². The first-order valence-electron chi connectivity index (χ1n) is 6.84. The van der Waals surface area contributed by atoms with Gasteiger partial charge in [-0.2, -0.15) is 0 Å². The molecule has 0 unspecified atom stereocenters. The van der Waals surface area contributed by atoms with Crippen LogP contribution in [0.5, 0.6) is 0 Å². The van der Waals surface area contributed by atoms with Crippen LogP contribution >= 0.6 is 0 Å². The van der Waals surface area contributed by atoms with Crippen molar-refractivity contribution in [2.24, 2.45) is 0 Å². The summed E-state index contributed by atoms with van der Waals surface area (Å²) in [7, 11) is 0. The number of nitrogens with one attached hydrogen (secondary N) is 2. The predicted octanol–water partition coefficient (Wildman–Crippen LogP) is 1.92. The molecule has 1 saturated carbocycles. The summed E-state index contributed by atoms with van der Waals surface area (Å²) in [6.07, 6.45) is 3.26. The summed E-state index contributed by atoms with van der Waals surface area (Å²) in [5.74, 6) is -1.03. The maximum atomic E-state index is 11.9. The Labute approximate surface area is 118 Å². The zero-order valence-corrected chi connectivity index (χ0v) is 11.6. The molecule has 0 aromatic heterocycles. The monoisotopic (exact) mass is 276 g/mol. The normalized spacial score (nSPS) is 17.6. The molecular weight excluding hydrogens is 256 g/mol. The van der Waals surface area contributed by atoms with Crippen molar-refractivity contribution in [2.75, 3.05) is 0 Å². The van der Waals surface area contributed by atoms with Crippen LogP contribution in [-0.4, -0.2) is 28.7 Å². The maximum Gasteiger partial charge on any atom is 0.326 e. The summed E-state index contributed by atoms with van der Waals surface area (Å²) in [6.45, 7) is 1.98. The minimum absolute atomic E-state index is 0.181. The van der Waals surface area contributed by atoms with Gasteiger partial charge in [0.25, 0.3) is 0 Å². The van der Waals surface area contributed by atoms with Gasteiger partial charge in [-0.25, -0.2) is 9.59 Å². The number of carbonyl (C=O) groups excluding carboxylic acids is 1. The first kappa shape index (κ1) is 14.4. The van der Waals surface area contributed by atoms with Gasteiger partial charge in [0.15, 0.2) is 0 Å². The second kappa shape index (κ2) is 5.94. The van der Waals surface area contributed by atoms with Crippen LogP contribution in [0.25, 0.3) is 0 Å². The van der Waals surface area contributed by atoms with E-state index in [2.05, 4.69) is 10.6 Å². The number of amides is 2. The number of carboxylic acids is 1. The molecule has 0 spiro atoms. The molecule has 1 fully saturated rings. The Morgan fingerprint density at radius 3 is 2.45 bits per heavy atom. The van der Waals surface area contributed by atoms with Crippen LogP contribution in [0.4, 0.5) is 4.79 Å². The first-order chi connectivity index (χ1) is 9.48. The minimum Gasteiger partial charge on any atom is -0.480 e. The fraction of sp³-hybridized carbons (Fsp3) is 0.467. The molecule has 0 aliphatic heterocycles. The molecule has 5 nitrogen and oxygen atoms in total. The quantitative estimate of drug-likeness (QED) is 0.769. The highest BCUT2D eigenvalue weighted by Gasteiger charge is 2.34. The molecule has 0 saturated heterocycles. The highest BCUT2D eigenvalue weighted by Crippen LogP contribution is 2.30. The van der Waals surface area contributed by atoms with E-state index < -0.39 is 18.0 Å². The third-order valence-corrected chi connectivity index (χ3v) is 3.76. The number of hydrogen-bond acceptors (Lipinski definition) is 2. The lowest BCUT2D eigenvalue weighted by Crippen LogP contribution is -2.57. The Bertz CT molecular complexity index is 483. The third kappa shape index (κ3) is 3.73. The van der Waals surface area contributed by atoms with E-state index in [4.69, 9.17) is 0 Å². The van der Waals surface area contributed by atoms with E-state index in [1.54, 1.807) is 0 Å². The van der Waals surface area contributed by atoms with Gasteiger partial charge in [0.2, 0.25) is 0 Å². The summed E-state index contributed by atoms with van der Waals surface area (Å²) >= 11 is 0. The summed E-state index contributed by atoms with van der Waals surface area (Å²) in [4.78, 5) is 23.1. The van der Waals surface area contributed by atoms with Gasteiger partial charge in [0, 0.05) is 12.0 Å². The molecule has 0 heterocycles. The van der Waals surface area contributed by atoms with Crippen molar-refractivity contribution in [3.05, 3.63) is 35.9 Å². The Morgan fingerprint density at radius 2 is 1.95 bits per heavy atom. The average molecular weight is 276 g/mol. The van der Waals surface area contributed by atoms with E-state index in [0.29, 0.717) is 0 Å². The highest BCUT2D eigenvalue weighted by atomic mass is 16.4. The fourth-order valence-corrected chi connectivity index (χ4v) is 2.35. The second-order valence-corrected chi connectivity index (χ2v) is 5.59. The number of carbonyl (C=O) groups is 2. The molecular formula is C15H20N2O3. The average Bonchev–Trinajstić information content (AvgIpc) is 2.37. The van der Waals surface area contributed by atoms with Crippen LogP contribution in [0.2, 0.25) is 0 Å². The number of benzene rings is 1. The standard InChI is InChI=1S/C15H20N2O3/c1-15(8-5-9-15)17-14(20)16-12(13(18)19)10-11-6-3-2-4-7-11/h2-4,6-7,12H,5,8-10H2,1H3,(H,18,19)(H2,16,17,20)/t12-/m0/s1. The van der Waals surface area contributed by atoms with Gasteiger partial charge in [-0.3, -0.25) is 0 Å². The fourth-order valence-electron chi connectivity index (χ4n) is 2.35. The summed E-state index contributed by atoms with van der Waals surface area (Å²) in [5, 5.41) is 14.6. The van der Waals surface area contributed by atoms with Gasteiger partial charge in [0.05, 0.1) is 0 Å². The van der Waals surface area contributed by atoms with Crippen molar-refractivity contribution in [3.63, 3.8) is 0 Å². The molecule has 20 heavy (non-hydrogen) atoms. The number of aliphatic carboxylic acids is 1. The van der Waals surface area contributed by atoms with Crippen molar-refractivity contribution in [1.82, 2.24) is 10.6 Å². The number of hydrogen-bond donors (Lipinski definition) is 3. The van der Waals surface area contributed by atoms with Crippen molar-refractivity contribution < 1.29 is 14.7 Å². The Balaban J connectivity index is 1.92. The van der Waals surface area contributed by atoms with Gasteiger partial charge in [0.1, 0.15) is 6.04 Å². The van der Waals surface area contributed by atoms with Crippen molar-refractivity contribution in [3.8, 4) is 0 Å². The maximum absolute atomic E-state index is 11.9. The lowest BCUT2D eigenvalue weighted by atomic mass is 9.79. The van der Waals surface area contributed by atoms with Gasteiger partial charge < -0.3 is 15.7 Å². The van der Waals surface area contributed by atoms with E-state index in [1.165, 1.54) is 0 Å². The number of carboxylic acid groups (broad SMARTS) is 1. The molecule has 1 atom stereocenters. The molecule has 1 aromatic carbocycles. The molecule has 1 aliphatic carbocycles. The van der Waals surface area contributed by atoms with Crippen molar-refractivity contribution in [1.29, 1.82) is 0 Å². The number of rotatable bonds is 5. The van der Waals surface area contributed by atoms with Crippen LogP contribution in [-0.2, 0) is 11.2 Å². The Kier molecular flexibility index (Phi) is 4.27. The summed E-state index contributed by atoms with van der Waals surface area (Å²) < 4.78 is 0. The Hall–Kier alpha value is -2.04. The molecule has 1 aliphatic rings. The molecule has 2 amide bonds. The SMILES string of the molecule is CC1(NC(=O)N[C@@H](Cc2ccccc2)C(=O)O)CCC1. The van der Waals surface area contributed by atoms with Crippen molar-refractivity contribution >= 4 is 12.0 Å². The summed E-state index contributed by atoms with van der Waals surface area (Å²) in [5.41, 5.74) is 0.704. The lowest BCUT2D eigenvalue weighted by Gasteiger charge is -2.39. The van der Waals surface area contributed by atoms with E-state index in [0.717, 1.165) is 24.8 Å². The second-order valence-electron chi connectivity index (χ2n) is 5.59. The first-order valence-corrected chi connectivity index (χ1v) is 6.84. The van der Waals surface area contributed by atoms with Gasteiger partial charge >= 0.3 is 12.0 Å². The molecule has 3 N–H and O–H groups in total. The van der Waals surface area contributed by atoms with E-state index in [9.17, 15) is 14.7 Å². The van der Waals surface area contributed by atoms with Crippen LogP contribution in [0.3, 0.4) is 0 Å². The van der Waals surface area contributed by atoms with Gasteiger partial charge in [-0.15, -0.1) is 0 Å². The van der Waals surface area contributed by atoms with E-state index >= 15 is 0 Å². The van der Waals surface area contributed by atoms with Gasteiger partial charge in [-0.05, 0) is 31.7 Å². The smallest absolute Gasteiger partial charge is 0.326 e. The molecule has 1 aromatic rings. The van der Waals surface area contributed by atoms with E-state index in [-0.39, 0.29) is 12.0 Å². The van der Waals surface area contributed by atoms with Crippen LogP contribution in [0, 0.1) is 0 Å². The molecule has 0 bridgehead atoms. The molecule has 0 radical (unpaired) electrons. The van der Waals surface area contributed by atoms with Crippen LogP contribution < -0.4 is 10.6 Å². The topological polar surface area (TPSA) is 78.4 Å². The zero-order valence-electron chi connectivity index (χ0n) is 11.6. The number of urea groups is 1. The van der Waals surface area contributed by atoms with E-state index in [1.807, 2.05) is 37.3 Å². The van der Waals surface area contributed by atoms with Crippen molar-refractivity contribution in [2.45, 2.75) is 44.2 Å². The van der Waals surface area contributed by atoms with Crippen LogP contribution in [0.15, 0.2) is 30.3 Å². The Morgan fingerprint density at radius 1 is 1.30 bits per heavy atom. The largest absolute Gasteiger partial charge is 0.480 e. The lowest BCUT2D eigenvalue weighted by molar-refractivity contribution is -0.139. The minimum atomic E-state index is -1.03. The molecule has 2 rings (SSSR count). The molecule has 5 heteroatoms. The molecule has 108 valence electrons. The highest BCUT2D eigenvalue weighted by molar-refractivity contribution is 5.83. The zero-order chi connectivity index (χ0) is 14.6.